The zero-order valence-electron chi connectivity index (χ0n) is 18.9. The van der Waals surface area contributed by atoms with E-state index in [9.17, 15) is 4.79 Å². The molecule has 0 fully saturated rings. The maximum atomic E-state index is 12.3. The number of rotatable bonds is 7. The maximum absolute atomic E-state index is 12.3. The number of nitrogens with zero attached hydrogens (tertiary/aromatic N) is 2. The molecular weight excluding hydrogens is 390 g/mol. The van der Waals surface area contributed by atoms with Crippen LogP contribution in [-0.4, -0.2) is 30.9 Å². The van der Waals surface area contributed by atoms with E-state index >= 15 is 0 Å². The van der Waals surface area contributed by atoms with Crippen LogP contribution in [0.25, 0.3) is 5.69 Å². The topological polar surface area (TPSA) is 64.8 Å². The largest absolute Gasteiger partial charge is 0.493 e. The lowest BCUT2D eigenvalue weighted by molar-refractivity contribution is -0.120. The summed E-state index contributed by atoms with van der Waals surface area (Å²) in [5.74, 6) is 1.02. The van der Waals surface area contributed by atoms with Crippen LogP contribution in [-0.2, 0) is 11.2 Å². The number of methoxy groups -OCH3 is 2. The molecule has 6 heteroatoms. The summed E-state index contributed by atoms with van der Waals surface area (Å²) < 4.78 is 12.7. The molecule has 31 heavy (non-hydrogen) atoms. The SMILES string of the molecule is COc1ccc(CC(=O)N/N=C\c2cc(C)n(-c3ccc(C)c(C)c3)c2C)cc1OC. The summed E-state index contributed by atoms with van der Waals surface area (Å²) in [6, 6.07) is 13.9. The van der Waals surface area contributed by atoms with Gasteiger partial charge in [0, 0.05) is 22.6 Å². The maximum Gasteiger partial charge on any atom is 0.244 e. The van der Waals surface area contributed by atoms with Crippen molar-refractivity contribution in [1.82, 2.24) is 9.99 Å². The van der Waals surface area contributed by atoms with Crippen LogP contribution >= 0.6 is 0 Å². The first-order valence-electron chi connectivity index (χ1n) is 10.1. The van der Waals surface area contributed by atoms with E-state index in [1.807, 2.05) is 6.07 Å². The Hall–Kier alpha value is -3.54. The van der Waals surface area contributed by atoms with Gasteiger partial charge in [0.15, 0.2) is 11.5 Å². The minimum absolute atomic E-state index is 0.194. The first kappa shape index (κ1) is 22.2. The van der Waals surface area contributed by atoms with Crippen molar-refractivity contribution in [3.63, 3.8) is 0 Å². The summed E-state index contributed by atoms with van der Waals surface area (Å²) in [6.07, 6.45) is 1.88. The standard InChI is InChI=1S/C25H29N3O3/c1-16-7-9-22(11-17(16)2)28-18(3)12-21(19(28)4)15-26-27-25(29)14-20-8-10-23(30-5)24(13-20)31-6/h7-13,15H,14H2,1-6H3,(H,27,29)/b26-15-. The Morgan fingerprint density at radius 1 is 0.968 bits per heavy atom. The van der Waals surface area contributed by atoms with Crippen LogP contribution in [0, 0.1) is 27.7 Å². The molecule has 0 aliphatic rings. The molecule has 6 nitrogen and oxygen atoms in total. The monoisotopic (exact) mass is 419 g/mol. The molecule has 0 atom stereocenters. The molecule has 0 saturated heterocycles. The number of aryl methyl sites for hydroxylation is 3. The molecule has 162 valence electrons. The van der Waals surface area contributed by atoms with Crippen molar-refractivity contribution in [2.45, 2.75) is 34.1 Å². The zero-order valence-corrected chi connectivity index (χ0v) is 18.9. The third kappa shape index (κ3) is 4.97. The Kier molecular flexibility index (Phi) is 6.80. The van der Waals surface area contributed by atoms with E-state index in [1.165, 1.54) is 11.1 Å². The van der Waals surface area contributed by atoms with Crippen LogP contribution in [0.3, 0.4) is 0 Å². The first-order chi connectivity index (χ1) is 14.8. The first-order valence-corrected chi connectivity index (χ1v) is 10.1. The summed E-state index contributed by atoms with van der Waals surface area (Å²) in [5.41, 5.74) is 10.2. The van der Waals surface area contributed by atoms with E-state index < -0.39 is 0 Å². The average Bonchev–Trinajstić information content (AvgIpc) is 3.03. The van der Waals surface area contributed by atoms with Gasteiger partial charge in [-0.25, -0.2) is 5.43 Å². The Morgan fingerprint density at radius 2 is 1.71 bits per heavy atom. The minimum atomic E-state index is -0.202. The molecule has 0 aliphatic heterocycles. The lowest BCUT2D eigenvalue weighted by atomic mass is 10.1. The van der Waals surface area contributed by atoms with Crippen LogP contribution in [0.4, 0.5) is 0 Å². The van der Waals surface area contributed by atoms with Crippen molar-refractivity contribution in [2.75, 3.05) is 14.2 Å². The van der Waals surface area contributed by atoms with Crippen molar-refractivity contribution in [1.29, 1.82) is 0 Å². The highest BCUT2D eigenvalue weighted by atomic mass is 16.5. The van der Waals surface area contributed by atoms with Crippen molar-refractivity contribution in [3.05, 3.63) is 76.1 Å². The predicted molar refractivity (Wildman–Crippen MR) is 124 cm³/mol. The molecular formula is C25H29N3O3. The van der Waals surface area contributed by atoms with Crippen LogP contribution in [0.1, 0.15) is 33.6 Å². The van der Waals surface area contributed by atoms with Gasteiger partial charge in [0.1, 0.15) is 0 Å². The molecule has 0 saturated carbocycles. The average molecular weight is 420 g/mol. The molecule has 0 aliphatic carbocycles. The van der Waals surface area contributed by atoms with Gasteiger partial charge < -0.3 is 14.0 Å². The fraction of sp³-hybridized carbons (Fsp3) is 0.280. The molecule has 1 N–H and O–H groups in total. The highest BCUT2D eigenvalue weighted by Crippen LogP contribution is 2.27. The van der Waals surface area contributed by atoms with Gasteiger partial charge in [-0.1, -0.05) is 12.1 Å². The number of aromatic nitrogens is 1. The van der Waals surface area contributed by atoms with Crippen LogP contribution in [0.15, 0.2) is 47.6 Å². The number of carbonyl (C=O) groups is 1. The molecule has 3 aromatic rings. The number of amides is 1. The van der Waals surface area contributed by atoms with Gasteiger partial charge in [0.05, 0.1) is 26.9 Å². The second-order valence-electron chi connectivity index (χ2n) is 7.59. The summed E-state index contributed by atoms with van der Waals surface area (Å²) in [5, 5.41) is 4.16. The Labute approximate surface area is 183 Å². The van der Waals surface area contributed by atoms with E-state index in [1.54, 1.807) is 32.6 Å². The summed E-state index contributed by atoms with van der Waals surface area (Å²) in [4.78, 5) is 12.3. The van der Waals surface area contributed by atoms with Gasteiger partial charge in [0.25, 0.3) is 0 Å². The number of hydrogen-bond donors (Lipinski definition) is 1. The number of nitrogens with one attached hydrogen (secondary N) is 1. The predicted octanol–water partition coefficient (Wildman–Crippen LogP) is 4.42. The summed E-state index contributed by atoms with van der Waals surface area (Å²) in [7, 11) is 3.15. The normalized spacial score (nSPS) is 11.0. The smallest absolute Gasteiger partial charge is 0.244 e. The number of hydrazone groups is 1. The third-order valence-corrected chi connectivity index (χ3v) is 5.42. The minimum Gasteiger partial charge on any atom is -0.493 e. The fourth-order valence-corrected chi connectivity index (χ4v) is 3.57. The van der Waals surface area contributed by atoms with Gasteiger partial charge in [-0.05, 0) is 74.7 Å². The number of benzene rings is 2. The number of carbonyl (C=O) groups excluding carboxylic acids is 1. The van der Waals surface area contributed by atoms with E-state index in [-0.39, 0.29) is 12.3 Å². The lowest BCUT2D eigenvalue weighted by Crippen LogP contribution is -2.19. The Bertz CT molecular complexity index is 1130. The lowest BCUT2D eigenvalue weighted by Gasteiger charge is -2.11. The Balaban J connectivity index is 1.70. The van der Waals surface area contributed by atoms with Gasteiger partial charge in [-0.2, -0.15) is 5.10 Å². The van der Waals surface area contributed by atoms with Crippen LogP contribution in [0.5, 0.6) is 11.5 Å². The molecule has 1 amide bonds. The summed E-state index contributed by atoms with van der Waals surface area (Å²) in [6.45, 7) is 8.34. The molecule has 0 bridgehead atoms. The van der Waals surface area contributed by atoms with E-state index in [0.717, 1.165) is 28.2 Å². The van der Waals surface area contributed by atoms with Crippen molar-refractivity contribution in [3.8, 4) is 17.2 Å². The third-order valence-electron chi connectivity index (χ3n) is 5.42. The van der Waals surface area contributed by atoms with Gasteiger partial charge in [0.2, 0.25) is 5.91 Å². The number of ether oxygens (including phenoxy) is 2. The quantitative estimate of drug-likeness (QED) is 0.455. The molecule has 3 rings (SSSR count). The second-order valence-corrected chi connectivity index (χ2v) is 7.59. The fourth-order valence-electron chi connectivity index (χ4n) is 3.57. The molecule has 0 radical (unpaired) electrons. The van der Waals surface area contributed by atoms with Gasteiger partial charge >= 0.3 is 0 Å². The van der Waals surface area contributed by atoms with Crippen LogP contribution in [0.2, 0.25) is 0 Å². The van der Waals surface area contributed by atoms with Crippen LogP contribution < -0.4 is 14.9 Å². The van der Waals surface area contributed by atoms with E-state index in [4.69, 9.17) is 9.47 Å². The van der Waals surface area contributed by atoms with Gasteiger partial charge in [-0.15, -0.1) is 0 Å². The highest BCUT2D eigenvalue weighted by molar-refractivity contribution is 5.85. The molecule has 1 heterocycles. The molecule has 1 aromatic heterocycles. The van der Waals surface area contributed by atoms with Gasteiger partial charge in [-0.3, -0.25) is 4.79 Å². The van der Waals surface area contributed by atoms with Crippen molar-refractivity contribution < 1.29 is 14.3 Å². The molecule has 2 aromatic carbocycles. The molecule has 0 spiro atoms. The number of hydrogen-bond acceptors (Lipinski definition) is 4. The van der Waals surface area contributed by atoms with E-state index in [0.29, 0.717) is 11.5 Å². The van der Waals surface area contributed by atoms with Crippen molar-refractivity contribution in [2.24, 2.45) is 5.10 Å². The molecule has 0 unspecified atom stereocenters. The van der Waals surface area contributed by atoms with Crippen molar-refractivity contribution >= 4 is 12.1 Å². The Morgan fingerprint density at radius 3 is 2.39 bits per heavy atom. The summed E-state index contributed by atoms with van der Waals surface area (Å²) >= 11 is 0. The zero-order chi connectivity index (χ0) is 22.5. The second kappa shape index (κ2) is 9.51. The van der Waals surface area contributed by atoms with E-state index in [2.05, 4.69) is 67.1 Å². The highest BCUT2D eigenvalue weighted by Gasteiger charge is 2.11.